The number of carbonyl (C=O) groups excluding carboxylic acids is 1. The van der Waals surface area contributed by atoms with Crippen LogP contribution >= 0.6 is 0 Å². The lowest BCUT2D eigenvalue weighted by atomic mass is 9.99. The van der Waals surface area contributed by atoms with E-state index in [9.17, 15) is 35.4 Å². The number of aliphatic hydroxyl groups excluding tert-OH is 6. The SMILES string of the molecule is CCCCCCC/C=C/CC/C=C/C(O)C(COC1OC(CO)C(O)C(O)C1O)NC(=O)C(O)CCCCCCCCCCCCCCCCCCCCCCCCC. The van der Waals surface area contributed by atoms with Crippen LogP contribution in [0.2, 0.25) is 0 Å². The molecule has 0 radical (unpaired) electrons. The molecule has 0 aromatic rings. The first kappa shape index (κ1) is 55.6. The smallest absolute Gasteiger partial charge is 0.249 e. The number of hydrogen-bond donors (Lipinski definition) is 7. The molecule has 7 N–H and O–H groups in total. The van der Waals surface area contributed by atoms with Crippen molar-refractivity contribution in [3.63, 3.8) is 0 Å². The Morgan fingerprint density at radius 2 is 1.00 bits per heavy atom. The van der Waals surface area contributed by atoms with Crippen LogP contribution in [0.3, 0.4) is 0 Å². The summed E-state index contributed by atoms with van der Waals surface area (Å²) in [6, 6.07) is -0.992. The molecule has 8 atom stereocenters. The molecule has 8 unspecified atom stereocenters. The van der Waals surface area contributed by atoms with Gasteiger partial charge in [-0.2, -0.15) is 0 Å². The van der Waals surface area contributed by atoms with Crippen molar-refractivity contribution in [2.45, 2.75) is 268 Å². The summed E-state index contributed by atoms with van der Waals surface area (Å²) in [6.07, 6.45) is 37.1. The Morgan fingerprint density at radius 3 is 1.47 bits per heavy atom. The maximum absolute atomic E-state index is 13.0. The van der Waals surface area contributed by atoms with Crippen LogP contribution in [-0.2, 0) is 14.3 Å². The number of aliphatic hydroxyl groups is 6. The minimum Gasteiger partial charge on any atom is -0.394 e. The van der Waals surface area contributed by atoms with Gasteiger partial charge in [0.05, 0.1) is 25.4 Å². The summed E-state index contributed by atoms with van der Waals surface area (Å²) in [4.78, 5) is 13.0. The highest BCUT2D eigenvalue weighted by atomic mass is 16.7. The second-order valence-electron chi connectivity index (χ2n) is 17.4. The van der Waals surface area contributed by atoms with Crippen molar-refractivity contribution in [3.8, 4) is 0 Å². The van der Waals surface area contributed by atoms with Crippen molar-refractivity contribution in [1.82, 2.24) is 5.32 Å². The summed E-state index contributed by atoms with van der Waals surface area (Å²) < 4.78 is 11.1. The quantitative estimate of drug-likeness (QED) is 0.0234. The van der Waals surface area contributed by atoms with Gasteiger partial charge in [0, 0.05) is 0 Å². The van der Waals surface area contributed by atoms with Gasteiger partial charge >= 0.3 is 0 Å². The molecule has 1 amide bonds. The maximum atomic E-state index is 13.0. The van der Waals surface area contributed by atoms with Crippen LogP contribution in [0.4, 0.5) is 0 Å². The molecule has 1 heterocycles. The van der Waals surface area contributed by atoms with Gasteiger partial charge in [0.25, 0.3) is 0 Å². The van der Waals surface area contributed by atoms with Crippen LogP contribution in [0.25, 0.3) is 0 Å². The summed E-state index contributed by atoms with van der Waals surface area (Å²) in [7, 11) is 0. The van der Waals surface area contributed by atoms with E-state index in [2.05, 4.69) is 31.3 Å². The van der Waals surface area contributed by atoms with Gasteiger partial charge in [0.1, 0.15) is 30.5 Å². The Hall–Kier alpha value is -1.37. The monoisotopic (exact) mass is 840 g/mol. The van der Waals surface area contributed by atoms with E-state index in [0.717, 1.165) is 32.1 Å². The summed E-state index contributed by atoms with van der Waals surface area (Å²) in [5.41, 5.74) is 0. The highest BCUT2D eigenvalue weighted by molar-refractivity contribution is 5.80. The summed E-state index contributed by atoms with van der Waals surface area (Å²) >= 11 is 0. The Labute approximate surface area is 361 Å². The number of amides is 1. The van der Waals surface area contributed by atoms with Crippen molar-refractivity contribution in [2.75, 3.05) is 13.2 Å². The van der Waals surface area contributed by atoms with Crippen LogP contribution < -0.4 is 5.32 Å². The zero-order valence-electron chi connectivity index (χ0n) is 37.9. The number of ether oxygens (including phenoxy) is 2. The lowest BCUT2D eigenvalue weighted by molar-refractivity contribution is -0.302. The van der Waals surface area contributed by atoms with Crippen molar-refractivity contribution in [2.24, 2.45) is 0 Å². The lowest BCUT2D eigenvalue weighted by Crippen LogP contribution is -2.60. The molecular formula is C49H93NO9. The van der Waals surface area contributed by atoms with Gasteiger partial charge in [-0.05, 0) is 32.1 Å². The van der Waals surface area contributed by atoms with Gasteiger partial charge in [0.15, 0.2) is 6.29 Å². The molecule has 0 aromatic heterocycles. The average Bonchev–Trinajstić information content (AvgIpc) is 3.23. The molecule has 0 aliphatic carbocycles. The molecule has 59 heavy (non-hydrogen) atoms. The van der Waals surface area contributed by atoms with Gasteiger partial charge in [-0.1, -0.05) is 212 Å². The highest BCUT2D eigenvalue weighted by Gasteiger charge is 2.44. The molecule has 0 bridgehead atoms. The predicted molar refractivity (Wildman–Crippen MR) is 241 cm³/mol. The number of carbonyl (C=O) groups is 1. The van der Waals surface area contributed by atoms with Gasteiger partial charge in [-0.3, -0.25) is 4.79 Å². The first-order valence-corrected chi connectivity index (χ1v) is 24.7. The molecule has 0 aromatic carbocycles. The molecule has 348 valence electrons. The number of unbranched alkanes of at least 4 members (excludes halogenated alkanes) is 28. The Morgan fingerprint density at radius 1 is 0.576 bits per heavy atom. The fourth-order valence-corrected chi connectivity index (χ4v) is 7.83. The fourth-order valence-electron chi connectivity index (χ4n) is 7.83. The van der Waals surface area contributed by atoms with Crippen molar-refractivity contribution in [1.29, 1.82) is 0 Å². The normalized spacial score (nSPS) is 21.4. The summed E-state index contributed by atoms with van der Waals surface area (Å²) in [6.45, 7) is 3.57. The van der Waals surface area contributed by atoms with E-state index in [-0.39, 0.29) is 6.61 Å². The largest absolute Gasteiger partial charge is 0.394 e. The lowest BCUT2D eigenvalue weighted by Gasteiger charge is -2.40. The van der Waals surface area contributed by atoms with Crippen molar-refractivity contribution >= 4 is 5.91 Å². The third-order valence-corrected chi connectivity index (χ3v) is 11.9. The summed E-state index contributed by atoms with van der Waals surface area (Å²) in [5, 5.41) is 64.6. The molecular weight excluding hydrogens is 747 g/mol. The molecule has 1 fully saturated rings. The minimum absolute atomic E-state index is 0.308. The second kappa shape index (κ2) is 39.5. The molecule has 1 aliphatic heterocycles. The highest BCUT2D eigenvalue weighted by Crippen LogP contribution is 2.23. The molecule has 10 heteroatoms. The number of hydrogen-bond acceptors (Lipinski definition) is 9. The zero-order chi connectivity index (χ0) is 43.2. The van der Waals surface area contributed by atoms with E-state index in [4.69, 9.17) is 9.47 Å². The van der Waals surface area contributed by atoms with E-state index < -0.39 is 61.5 Å². The Balaban J connectivity index is 2.29. The van der Waals surface area contributed by atoms with E-state index >= 15 is 0 Å². The molecule has 0 saturated carbocycles. The Bertz CT molecular complexity index is 995. The third kappa shape index (κ3) is 29.5. The van der Waals surface area contributed by atoms with Crippen molar-refractivity contribution < 1.29 is 44.9 Å². The number of allylic oxidation sites excluding steroid dienone is 3. The fraction of sp³-hybridized carbons (Fsp3) is 0.898. The van der Waals surface area contributed by atoms with Crippen LogP contribution in [0.15, 0.2) is 24.3 Å². The molecule has 1 rings (SSSR count). The number of nitrogens with one attached hydrogen (secondary N) is 1. The third-order valence-electron chi connectivity index (χ3n) is 11.9. The zero-order valence-corrected chi connectivity index (χ0v) is 37.9. The van der Waals surface area contributed by atoms with Gasteiger partial charge in [-0.25, -0.2) is 0 Å². The second-order valence-corrected chi connectivity index (χ2v) is 17.4. The maximum Gasteiger partial charge on any atom is 0.249 e. The molecule has 1 aliphatic rings. The van der Waals surface area contributed by atoms with E-state index in [0.29, 0.717) is 19.3 Å². The van der Waals surface area contributed by atoms with Crippen LogP contribution in [0.1, 0.15) is 219 Å². The van der Waals surface area contributed by atoms with Crippen LogP contribution in [0.5, 0.6) is 0 Å². The molecule has 1 saturated heterocycles. The van der Waals surface area contributed by atoms with E-state index in [1.807, 2.05) is 6.08 Å². The average molecular weight is 840 g/mol. The molecule has 0 spiro atoms. The summed E-state index contributed by atoms with van der Waals surface area (Å²) in [5.74, 6) is -0.625. The standard InChI is InChI=1S/C49H93NO9/c1-3-5-7-9-11-13-15-16-17-18-19-20-21-22-23-24-25-26-28-30-32-34-36-38-43(53)48(57)50-41(40-58-49-47(56)46(55)45(54)44(39-51)59-49)42(52)37-35-33-31-29-27-14-12-10-8-6-4-2/h27,29,35,37,41-47,49,51-56H,3-26,28,30-34,36,38-40H2,1-2H3,(H,50,57)/b29-27+,37-35+. The van der Waals surface area contributed by atoms with Crippen LogP contribution in [-0.4, -0.2) is 98.7 Å². The van der Waals surface area contributed by atoms with E-state index in [1.54, 1.807) is 6.08 Å². The van der Waals surface area contributed by atoms with Crippen LogP contribution in [0, 0.1) is 0 Å². The predicted octanol–water partition coefficient (Wildman–Crippen LogP) is 9.64. The topological polar surface area (TPSA) is 169 Å². The van der Waals surface area contributed by atoms with Gasteiger partial charge in [-0.15, -0.1) is 0 Å². The first-order valence-electron chi connectivity index (χ1n) is 24.7. The van der Waals surface area contributed by atoms with Crippen molar-refractivity contribution in [3.05, 3.63) is 24.3 Å². The van der Waals surface area contributed by atoms with Gasteiger partial charge < -0.3 is 45.4 Å². The first-order chi connectivity index (χ1) is 28.8. The van der Waals surface area contributed by atoms with Gasteiger partial charge in [0.2, 0.25) is 5.91 Å². The molecule has 10 nitrogen and oxygen atoms in total. The Kier molecular flexibility index (Phi) is 37.2. The number of rotatable bonds is 41. The van der Waals surface area contributed by atoms with E-state index in [1.165, 1.54) is 154 Å². The minimum atomic E-state index is -1.61.